The molecular formula is C15H23N5. The molecule has 0 aliphatic heterocycles. The summed E-state index contributed by atoms with van der Waals surface area (Å²) in [6.45, 7) is 7.35. The number of likely N-dealkylation sites (N-methyl/N-ethyl adjacent to an activating group) is 1. The summed E-state index contributed by atoms with van der Waals surface area (Å²) in [6, 6.07) is 4.21. The van der Waals surface area contributed by atoms with Gasteiger partial charge in [-0.15, -0.1) is 0 Å². The molecule has 1 atom stereocenters. The summed E-state index contributed by atoms with van der Waals surface area (Å²) in [4.78, 5) is 8.90. The summed E-state index contributed by atoms with van der Waals surface area (Å²) >= 11 is 0. The van der Waals surface area contributed by atoms with Gasteiger partial charge in [-0.2, -0.15) is 5.10 Å². The van der Waals surface area contributed by atoms with Crippen molar-refractivity contribution in [3.05, 3.63) is 41.7 Å². The molecule has 2 aromatic heterocycles. The number of rotatable bonds is 6. The highest BCUT2D eigenvalue weighted by Crippen LogP contribution is 2.18. The summed E-state index contributed by atoms with van der Waals surface area (Å²) in [5.74, 6) is 1.56. The largest absolute Gasteiger partial charge is 0.311 e. The molecule has 1 unspecified atom stereocenters. The Morgan fingerprint density at radius 3 is 2.75 bits per heavy atom. The number of aromatic nitrogens is 4. The van der Waals surface area contributed by atoms with Crippen molar-refractivity contribution in [1.82, 2.24) is 25.1 Å². The van der Waals surface area contributed by atoms with Gasteiger partial charge in [0.2, 0.25) is 0 Å². The van der Waals surface area contributed by atoms with Crippen LogP contribution in [0.25, 0.3) is 0 Å². The lowest BCUT2D eigenvalue weighted by molar-refractivity contribution is 0.449. The fraction of sp³-hybridized carbons (Fsp3) is 0.533. The second-order valence-electron chi connectivity index (χ2n) is 5.50. The van der Waals surface area contributed by atoms with E-state index in [2.05, 4.69) is 47.2 Å². The van der Waals surface area contributed by atoms with E-state index in [0.717, 1.165) is 24.5 Å². The lowest BCUT2D eigenvalue weighted by atomic mass is 10.0. The van der Waals surface area contributed by atoms with E-state index in [-0.39, 0.29) is 6.04 Å². The molecule has 0 saturated heterocycles. The number of hydrogen-bond acceptors (Lipinski definition) is 4. The Balaban J connectivity index is 2.19. The molecule has 0 aliphatic carbocycles. The molecule has 20 heavy (non-hydrogen) atoms. The van der Waals surface area contributed by atoms with Crippen molar-refractivity contribution in [3.8, 4) is 0 Å². The van der Waals surface area contributed by atoms with Gasteiger partial charge in [-0.25, -0.2) is 9.67 Å². The standard InChI is InChI=1S/C15H23N5/c1-11(2)9-20-14(18-10-19-20)8-13(16-4)15-12(3)6-5-7-17-15/h5-7,10-11,13,16H,8-9H2,1-4H3. The van der Waals surface area contributed by atoms with E-state index in [1.54, 1.807) is 6.33 Å². The number of nitrogens with one attached hydrogen (secondary N) is 1. The van der Waals surface area contributed by atoms with Crippen LogP contribution in [0.5, 0.6) is 0 Å². The van der Waals surface area contributed by atoms with Crippen LogP contribution in [0.15, 0.2) is 24.7 Å². The van der Waals surface area contributed by atoms with Crippen LogP contribution in [-0.4, -0.2) is 26.8 Å². The highest BCUT2D eigenvalue weighted by atomic mass is 15.3. The van der Waals surface area contributed by atoms with Crippen LogP contribution in [0, 0.1) is 12.8 Å². The normalized spacial score (nSPS) is 12.8. The maximum absolute atomic E-state index is 4.50. The van der Waals surface area contributed by atoms with E-state index in [0.29, 0.717) is 5.92 Å². The molecule has 0 spiro atoms. The van der Waals surface area contributed by atoms with Crippen LogP contribution in [0.2, 0.25) is 0 Å². The molecule has 1 N–H and O–H groups in total. The summed E-state index contributed by atoms with van der Waals surface area (Å²) in [5, 5.41) is 7.65. The molecule has 108 valence electrons. The molecular weight excluding hydrogens is 250 g/mol. The van der Waals surface area contributed by atoms with Crippen molar-refractivity contribution in [1.29, 1.82) is 0 Å². The lowest BCUT2D eigenvalue weighted by Crippen LogP contribution is -2.23. The minimum atomic E-state index is 0.159. The highest BCUT2D eigenvalue weighted by Gasteiger charge is 2.17. The summed E-state index contributed by atoms with van der Waals surface area (Å²) in [6.07, 6.45) is 4.27. The van der Waals surface area contributed by atoms with E-state index >= 15 is 0 Å². The Morgan fingerprint density at radius 2 is 2.10 bits per heavy atom. The van der Waals surface area contributed by atoms with Crippen LogP contribution < -0.4 is 5.32 Å². The third-order valence-electron chi connectivity index (χ3n) is 3.35. The fourth-order valence-corrected chi connectivity index (χ4v) is 2.33. The average molecular weight is 273 g/mol. The molecule has 2 heterocycles. The van der Waals surface area contributed by atoms with E-state index < -0.39 is 0 Å². The van der Waals surface area contributed by atoms with Crippen LogP contribution in [0.4, 0.5) is 0 Å². The van der Waals surface area contributed by atoms with Crippen molar-refractivity contribution < 1.29 is 0 Å². The number of pyridine rings is 1. The molecule has 5 heteroatoms. The van der Waals surface area contributed by atoms with Crippen LogP contribution in [-0.2, 0) is 13.0 Å². The zero-order valence-electron chi connectivity index (χ0n) is 12.7. The molecule has 0 bridgehead atoms. The minimum Gasteiger partial charge on any atom is -0.311 e. The van der Waals surface area contributed by atoms with Gasteiger partial charge >= 0.3 is 0 Å². The first-order chi connectivity index (χ1) is 9.61. The average Bonchev–Trinajstić information content (AvgIpc) is 2.83. The Hall–Kier alpha value is -1.75. The highest BCUT2D eigenvalue weighted by molar-refractivity contribution is 5.22. The molecule has 0 saturated carbocycles. The first kappa shape index (κ1) is 14.7. The van der Waals surface area contributed by atoms with E-state index in [1.807, 2.05) is 24.0 Å². The van der Waals surface area contributed by atoms with Gasteiger partial charge < -0.3 is 5.32 Å². The van der Waals surface area contributed by atoms with Crippen molar-refractivity contribution >= 4 is 0 Å². The first-order valence-electron chi connectivity index (χ1n) is 7.07. The second kappa shape index (κ2) is 6.61. The number of nitrogens with zero attached hydrogens (tertiary/aromatic N) is 4. The number of hydrogen-bond donors (Lipinski definition) is 1. The van der Waals surface area contributed by atoms with E-state index in [1.165, 1.54) is 5.56 Å². The van der Waals surface area contributed by atoms with Gasteiger partial charge in [-0.05, 0) is 31.5 Å². The smallest absolute Gasteiger partial charge is 0.138 e. The molecule has 0 fully saturated rings. The Morgan fingerprint density at radius 1 is 1.30 bits per heavy atom. The molecule has 0 aromatic carbocycles. The molecule has 5 nitrogen and oxygen atoms in total. The van der Waals surface area contributed by atoms with Crippen molar-refractivity contribution in [3.63, 3.8) is 0 Å². The van der Waals surface area contributed by atoms with Crippen LogP contribution in [0.3, 0.4) is 0 Å². The van der Waals surface area contributed by atoms with E-state index in [4.69, 9.17) is 0 Å². The Labute approximate surface area is 120 Å². The Bertz CT molecular complexity index is 547. The van der Waals surface area contributed by atoms with Gasteiger partial charge in [0.25, 0.3) is 0 Å². The zero-order valence-corrected chi connectivity index (χ0v) is 12.7. The molecule has 0 radical (unpaired) electrons. The van der Waals surface area contributed by atoms with Gasteiger partial charge in [-0.3, -0.25) is 4.98 Å². The summed E-state index contributed by atoms with van der Waals surface area (Å²) < 4.78 is 1.99. The predicted molar refractivity (Wildman–Crippen MR) is 79.3 cm³/mol. The zero-order chi connectivity index (χ0) is 14.5. The minimum absolute atomic E-state index is 0.159. The molecule has 0 amide bonds. The first-order valence-corrected chi connectivity index (χ1v) is 7.07. The summed E-state index contributed by atoms with van der Waals surface area (Å²) in [5.41, 5.74) is 2.27. The molecule has 2 aromatic rings. The van der Waals surface area contributed by atoms with Gasteiger partial charge in [0.1, 0.15) is 12.2 Å². The van der Waals surface area contributed by atoms with Crippen molar-refractivity contribution in [2.45, 2.75) is 39.8 Å². The SMILES string of the molecule is CNC(Cc1ncnn1CC(C)C)c1ncccc1C. The van der Waals surface area contributed by atoms with Gasteiger partial charge in [-0.1, -0.05) is 19.9 Å². The predicted octanol–water partition coefficient (Wildman–Crippen LogP) is 2.14. The quantitative estimate of drug-likeness (QED) is 0.876. The maximum Gasteiger partial charge on any atom is 0.138 e. The lowest BCUT2D eigenvalue weighted by Gasteiger charge is -2.18. The van der Waals surface area contributed by atoms with E-state index in [9.17, 15) is 0 Å². The molecule has 0 aliphatic rings. The third-order valence-corrected chi connectivity index (χ3v) is 3.35. The summed E-state index contributed by atoms with van der Waals surface area (Å²) in [7, 11) is 1.96. The van der Waals surface area contributed by atoms with Crippen molar-refractivity contribution in [2.24, 2.45) is 5.92 Å². The number of aryl methyl sites for hydroxylation is 1. The Kier molecular flexibility index (Phi) is 4.84. The van der Waals surface area contributed by atoms with Gasteiger partial charge in [0, 0.05) is 19.2 Å². The second-order valence-corrected chi connectivity index (χ2v) is 5.50. The van der Waals surface area contributed by atoms with Crippen molar-refractivity contribution in [2.75, 3.05) is 7.05 Å². The molecule has 2 rings (SSSR count). The third kappa shape index (κ3) is 3.42. The monoisotopic (exact) mass is 273 g/mol. The van der Waals surface area contributed by atoms with Gasteiger partial charge in [0.05, 0.1) is 11.7 Å². The topological polar surface area (TPSA) is 55.6 Å². The van der Waals surface area contributed by atoms with Crippen LogP contribution in [0.1, 0.15) is 37.0 Å². The van der Waals surface area contributed by atoms with Gasteiger partial charge in [0.15, 0.2) is 0 Å². The van der Waals surface area contributed by atoms with Crippen LogP contribution >= 0.6 is 0 Å². The fourth-order valence-electron chi connectivity index (χ4n) is 2.33. The maximum atomic E-state index is 4.50.